The van der Waals surface area contributed by atoms with E-state index in [1.165, 1.54) is 19.8 Å². The Morgan fingerprint density at radius 1 is 1.33 bits per heavy atom. The van der Waals surface area contributed by atoms with Crippen LogP contribution in [0.2, 0.25) is 0 Å². The molecule has 0 saturated heterocycles. The van der Waals surface area contributed by atoms with Gasteiger partial charge in [-0.05, 0) is 0 Å². The van der Waals surface area contributed by atoms with E-state index in [-0.39, 0.29) is 0 Å². The van der Waals surface area contributed by atoms with Gasteiger partial charge in [-0.2, -0.15) is 4.98 Å². The molecule has 0 unspecified atom stereocenters. The zero-order valence-electron chi connectivity index (χ0n) is 9.75. The van der Waals surface area contributed by atoms with Crippen molar-refractivity contribution in [1.82, 2.24) is 20.1 Å². The van der Waals surface area contributed by atoms with E-state index in [2.05, 4.69) is 35.4 Å². The van der Waals surface area contributed by atoms with E-state index in [0.717, 1.165) is 0 Å². The molecule has 18 heavy (non-hydrogen) atoms. The summed E-state index contributed by atoms with van der Waals surface area (Å²) in [4.78, 5) is 11.9. The molecule has 0 spiro atoms. The molecule has 2 aromatic rings. The first-order valence-electron chi connectivity index (χ1n) is 5.20. The maximum absolute atomic E-state index is 5.32. The molecule has 4 N–H and O–H groups in total. The molecule has 0 saturated carbocycles. The molecule has 0 aliphatic heterocycles. The first kappa shape index (κ1) is 12.0. The highest BCUT2D eigenvalue weighted by atomic mass is 16.5. The van der Waals surface area contributed by atoms with E-state index in [1.54, 1.807) is 0 Å². The lowest BCUT2D eigenvalue weighted by molar-refractivity contribution is 0.410. The van der Waals surface area contributed by atoms with Gasteiger partial charge in [0.1, 0.15) is 6.33 Å². The number of nitrogens with one attached hydrogen (secondary N) is 2. The molecule has 0 fully saturated rings. The highest BCUT2D eigenvalue weighted by Crippen LogP contribution is 2.27. The van der Waals surface area contributed by atoms with Gasteiger partial charge < -0.3 is 20.0 Å². The van der Waals surface area contributed by atoms with Crippen LogP contribution in [0.15, 0.2) is 17.2 Å². The van der Waals surface area contributed by atoms with Crippen LogP contribution in [-0.4, -0.2) is 33.8 Å². The average Bonchev–Trinajstić information content (AvgIpc) is 2.91. The van der Waals surface area contributed by atoms with Crippen molar-refractivity contribution >= 4 is 11.6 Å². The van der Waals surface area contributed by atoms with Gasteiger partial charge in [-0.25, -0.2) is 15.8 Å². The Labute approximate surface area is 103 Å². The third-order valence-electron chi connectivity index (χ3n) is 2.19. The molecule has 9 nitrogen and oxygen atoms in total. The number of rotatable bonds is 6. The molecular formula is C9H13N7O2. The Morgan fingerprint density at radius 3 is 2.83 bits per heavy atom. The molecule has 0 amide bonds. The number of methoxy groups -OCH3 is 1. The Kier molecular flexibility index (Phi) is 3.86. The number of hydrogen-bond donors (Lipinski definition) is 3. The summed E-state index contributed by atoms with van der Waals surface area (Å²) in [6.45, 7) is 0.580. The fraction of sp³-hybridized carbons (Fsp3) is 0.333. The van der Waals surface area contributed by atoms with Gasteiger partial charge in [-0.1, -0.05) is 5.16 Å². The lowest BCUT2D eigenvalue weighted by Gasteiger charge is -2.11. The Bertz CT molecular complexity index is 488. The number of nitrogens with two attached hydrogens (primary N) is 1. The third-order valence-corrected chi connectivity index (χ3v) is 2.19. The molecule has 0 aromatic carbocycles. The van der Waals surface area contributed by atoms with Crippen LogP contribution in [0.1, 0.15) is 5.82 Å². The summed E-state index contributed by atoms with van der Waals surface area (Å²) in [5.41, 5.74) is 2.44. The van der Waals surface area contributed by atoms with Gasteiger partial charge in [0.15, 0.2) is 17.5 Å². The number of hydrogen-bond acceptors (Lipinski definition) is 9. The molecule has 2 rings (SSSR count). The van der Waals surface area contributed by atoms with Crippen molar-refractivity contribution in [1.29, 1.82) is 0 Å². The molecule has 96 valence electrons. The molecule has 2 heterocycles. The maximum Gasteiger partial charge on any atom is 0.213 e. The Hall–Kier alpha value is -2.42. The van der Waals surface area contributed by atoms with E-state index in [0.29, 0.717) is 36.2 Å². The van der Waals surface area contributed by atoms with Gasteiger partial charge in [0, 0.05) is 13.0 Å². The van der Waals surface area contributed by atoms with Crippen molar-refractivity contribution in [2.24, 2.45) is 5.84 Å². The Morgan fingerprint density at radius 2 is 2.17 bits per heavy atom. The maximum atomic E-state index is 5.32. The van der Waals surface area contributed by atoms with Crippen molar-refractivity contribution in [3.05, 3.63) is 18.5 Å². The fourth-order valence-electron chi connectivity index (χ4n) is 1.39. The number of ether oxygens (including phenoxy) is 1. The summed E-state index contributed by atoms with van der Waals surface area (Å²) in [5.74, 6) is 7.35. The second kappa shape index (κ2) is 5.77. The minimum Gasteiger partial charge on any atom is -0.490 e. The quantitative estimate of drug-likeness (QED) is 0.473. The second-order valence-corrected chi connectivity index (χ2v) is 3.27. The fourth-order valence-corrected chi connectivity index (χ4v) is 1.39. The van der Waals surface area contributed by atoms with E-state index in [9.17, 15) is 0 Å². The zero-order valence-corrected chi connectivity index (χ0v) is 9.75. The molecule has 0 aliphatic carbocycles. The molecule has 0 aliphatic rings. The summed E-state index contributed by atoms with van der Waals surface area (Å²) in [6, 6.07) is 0. The summed E-state index contributed by atoms with van der Waals surface area (Å²) in [7, 11) is 1.52. The smallest absolute Gasteiger partial charge is 0.213 e. The number of nitrogens with zero attached hydrogens (tertiary/aromatic N) is 4. The summed E-state index contributed by atoms with van der Waals surface area (Å²) >= 11 is 0. The van der Waals surface area contributed by atoms with Crippen LogP contribution < -0.4 is 21.3 Å². The van der Waals surface area contributed by atoms with Crippen LogP contribution in [0.25, 0.3) is 0 Å². The first-order valence-corrected chi connectivity index (χ1v) is 5.20. The minimum absolute atomic E-state index is 0.412. The van der Waals surface area contributed by atoms with Crippen LogP contribution >= 0.6 is 0 Å². The molecular weight excluding hydrogens is 238 g/mol. The van der Waals surface area contributed by atoms with Crippen molar-refractivity contribution in [2.45, 2.75) is 6.42 Å². The van der Waals surface area contributed by atoms with Crippen molar-refractivity contribution in [3.63, 3.8) is 0 Å². The van der Waals surface area contributed by atoms with Crippen molar-refractivity contribution in [2.75, 3.05) is 24.4 Å². The molecule has 9 heteroatoms. The highest BCUT2D eigenvalue weighted by molar-refractivity contribution is 5.62. The lowest BCUT2D eigenvalue weighted by Crippen LogP contribution is -2.13. The van der Waals surface area contributed by atoms with Gasteiger partial charge >= 0.3 is 0 Å². The summed E-state index contributed by atoms with van der Waals surface area (Å²) in [5, 5.41) is 6.79. The molecule has 0 atom stereocenters. The largest absolute Gasteiger partial charge is 0.490 e. The average molecular weight is 251 g/mol. The predicted molar refractivity (Wildman–Crippen MR) is 62.9 cm³/mol. The lowest BCUT2D eigenvalue weighted by atomic mass is 10.4. The Balaban J connectivity index is 2.00. The number of aromatic nitrogens is 4. The van der Waals surface area contributed by atoms with Crippen molar-refractivity contribution in [3.8, 4) is 5.75 Å². The third kappa shape index (κ3) is 2.63. The van der Waals surface area contributed by atoms with Crippen molar-refractivity contribution < 1.29 is 9.26 Å². The normalized spacial score (nSPS) is 10.1. The van der Waals surface area contributed by atoms with Gasteiger partial charge in [-0.15, -0.1) is 0 Å². The number of anilines is 2. The number of hydrazine groups is 1. The summed E-state index contributed by atoms with van der Waals surface area (Å²) in [6.07, 6.45) is 3.28. The van der Waals surface area contributed by atoms with Crippen LogP contribution in [0, 0.1) is 0 Å². The van der Waals surface area contributed by atoms with Crippen LogP contribution in [-0.2, 0) is 6.42 Å². The zero-order chi connectivity index (χ0) is 12.8. The second-order valence-electron chi connectivity index (χ2n) is 3.27. The summed E-state index contributed by atoms with van der Waals surface area (Å²) < 4.78 is 9.81. The number of nitrogen functional groups attached to an aromatic ring is 1. The van der Waals surface area contributed by atoms with E-state index < -0.39 is 0 Å². The molecule has 0 bridgehead atoms. The monoisotopic (exact) mass is 251 g/mol. The first-order chi connectivity index (χ1) is 8.85. The van der Waals surface area contributed by atoms with Crippen LogP contribution in [0.4, 0.5) is 11.6 Å². The van der Waals surface area contributed by atoms with E-state index in [4.69, 9.17) is 10.6 Å². The van der Waals surface area contributed by atoms with Crippen LogP contribution in [0.5, 0.6) is 5.75 Å². The standard InChI is InChI=1S/C9H13N7O2/c1-17-7-8(12-4-13-9(7)15-10)11-3-2-6-14-5-18-16-6/h4-5H,2-3,10H2,1H3,(H2,11,12,13,15). The SMILES string of the molecule is COc1c(NN)ncnc1NCCc1ncon1. The van der Waals surface area contributed by atoms with Gasteiger partial charge in [0.05, 0.1) is 7.11 Å². The predicted octanol–water partition coefficient (Wildman–Crippen LogP) is -0.192. The minimum atomic E-state index is 0.412. The molecule has 2 aromatic heterocycles. The van der Waals surface area contributed by atoms with Gasteiger partial charge in [-0.3, -0.25) is 0 Å². The molecule has 0 radical (unpaired) electrons. The van der Waals surface area contributed by atoms with Crippen LogP contribution in [0.3, 0.4) is 0 Å². The van der Waals surface area contributed by atoms with Gasteiger partial charge in [0.25, 0.3) is 0 Å². The van der Waals surface area contributed by atoms with E-state index in [1.807, 2.05) is 0 Å². The highest BCUT2D eigenvalue weighted by Gasteiger charge is 2.10. The van der Waals surface area contributed by atoms with E-state index >= 15 is 0 Å². The van der Waals surface area contributed by atoms with Gasteiger partial charge in [0.2, 0.25) is 12.1 Å². The topological polar surface area (TPSA) is 124 Å².